The second-order valence-corrected chi connectivity index (χ2v) is 23.1. The van der Waals surface area contributed by atoms with Gasteiger partial charge in [-0.25, -0.2) is 4.57 Å². The molecule has 0 saturated heterocycles. The molecule has 0 aromatic rings. The standard InChI is InChI=1S/C69H122NO8P/c1-3-5-7-9-11-13-15-17-19-21-23-25-26-27-28-29-30-31-32-33-34-35-36-37-38-39-40-42-43-45-47-49-51-53-55-57-59-61-68(71)75-65-67(66-77-79(73,74)76-64-63-70)78-69(72)62-60-58-56-54-52-50-48-46-44-41-24-22-20-18-16-14-12-10-8-6-4-2/h6,8,12,14-15,17-18,20-21,23-24,26-27,41,46,48,67H,3-5,7,9-11,13,16,19,22,25,28-40,42-45,47,49-66,70H2,1-2H3,(H,73,74)/b8-6-,14-12-,17-15-,20-18-,23-21-,27-26-,41-24-,48-46-. The molecular weight excluding hydrogens is 1000 g/mol. The predicted octanol–water partition coefficient (Wildman–Crippen LogP) is 21.2. The molecule has 0 aliphatic carbocycles. The van der Waals surface area contributed by atoms with Crippen molar-refractivity contribution in [2.45, 2.75) is 302 Å². The summed E-state index contributed by atoms with van der Waals surface area (Å²) in [7, 11) is -4.40. The summed E-state index contributed by atoms with van der Waals surface area (Å²) in [6.45, 7) is 3.61. The number of phosphoric acid groups is 1. The van der Waals surface area contributed by atoms with Gasteiger partial charge in [0, 0.05) is 19.4 Å². The molecule has 0 rings (SSSR count). The number of rotatable bonds is 61. The molecule has 3 N–H and O–H groups in total. The van der Waals surface area contributed by atoms with Crippen LogP contribution in [0.1, 0.15) is 296 Å². The van der Waals surface area contributed by atoms with Crippen LogP contribution >= 0.6 is 7.82 Å². The van der Waals surface area contributed by atoms with Gasteiger partial charge >= 0.3 is 19.8 Å². The zero-order valence-electron chi connectivity index (χ0n) is 51.1. The highest BCUT2D eigenvalue weighted by molar-refractivity contribution is 7.47. The van der Waals surface area contributed by atoms with Crippen LogP contribution in [0.2, 0.25) is 0 Å². The summed E-state index contributed by atoms with van der Waals surface area (Å²) < 4.78 is 33.1. The van der Waals surface area contributed by atoms with E-state index in [0.717, 1.165) is 96.3 Å². The Labute approximate surface area is 486 Å². The Balaban J connectivity index is 3.86. The number of unbranched alkanes of at least 4 members (excludes halogenated alkanes) is 32. The highest BCUT2D eigenvalue weighted by Gasteiger charge is 2.26. The van der Waals surface area contributed by atoms with Crippen LogP contribution in [-0.2, 0) is 32.7 Å². The summed E-state index contributed by atoms with van der Waals surface area (Å²) >= 11 is 0. The minimum Gasteiger partial charge on any atom is -0.462 e. The molecule has 10 heteroatoms. The highest BCUT2D eigenvalue weighted by atomic mass is 31.2. The van der Waals surface area contributed by atoms with Crippen LogP contribution in [0.15, 0.2) is 97.2 Å². The molecule has 0 radical (unpaired) electrons. The number of nitrogens with two attached hydrogens (primary N) is 1. The number of hydrogen-bond donors (Lipinski definition) is 2. The van der Waals surface area contributed by atoms with E-state index in [1.807, 2.05) is 0 Å². The van der Waals surface area contributed by atoms with Crippen molar-refractivity contribution >= 4 is 19.8 Å². The minimum atomic E-state index is -4.40. The molecular formula is C69H122NO8P. The van der Waals surface area contributed by atoms with Gasteiger partial charge < -0.3 is 20.1 Å². The van der Waals surface area contributed by atoms with Gasteiger partial charge in [-0.2, -0.15) is 0 Å². The molecule has 0 aromatic heterocycles. The van der Waals surface area contributed by atoms with Gasteiger partial charge in [-0.1, -0.05) is 284 Å². The van der Waals surface area contributed by atoms with Gasteiger partial charge in [-0.15, -0.1) is 0 Å². The fraction of sp³-hybridized carbons (Fsp3) is 0.739. The molecule has 0 fully saturated rings. The molecule has 9 nitrogen and oxygen atoms in total. The third-order valence-electron chi connectivity index (χ3n) is 14.0. The fourth-order valence-corrected chi connectivity index (χ4v) is 9.91. The lowest BCUT2D eigenvalue weighted by molar-refractivity contribution is -0.161. The van der Waals surface area contributed by atoms with Crippen molar-refractivity contribution < 1.29 is 37.6 Å². The molecule has 0 spiro atoms. The van der Waals surface area contributed by atoms with Crippen molar-refractivity contribution in [1.82, 2.24) is 0 Å². The second kappa shape index (κ2) is 64.1. The maximum absolute atomic E-state index is 12.7. The molecule has 0 aliphatic heterocycles. The van der Waals surface area contributed by atoms with Crippen molar-refractivity contribution in [2.75, 3.05) is 26.4 Å². The van der Waals surface area contributed by atoms with Crippen molar-refractivity contribution in [3.8, 4) is 0 Å². The van der Waals surface area contributed by atoms with E-state index < -0.39 is 26.5 Å². The van der Waals surface area contributed by atoms with Gasteiger partial charge in [-0.3, -0.25) is 18.6 Å². The zero-order valence-corrected chi connectivity index (χ0v) is 52.0. The molecule has 79 heavy (non-hydrogen) atoms. The van der Waals surface area contributed by atoms with Gasteiger partial charge in [0.15, 0.2) is 6.10 Å². The van der Waals surface area contributed by atoms with E-state index in [1.165, 1.54) is 167 Å². The van der Waals surface area contributed by atoms with Crippen LogP contribution in [0.25, 0.3) is 0 Å². The summed E-state index contributed by atoms with van der Waals surface area (Å²) in [5, 5.41) is 0. The van der Waals surface area contributed by atoms with Crippen molar-refractivity contribution in [2.24, 2.45) is 5.73 Å². The number of carbonyl (C=O) groups is 2. The smallest absolute Gasteiger partial charge is 0.462 e. The lowest BCUT2D eigenvalue weighted by atomic mass is 10.0. The van der Waals surface area contributed by atoms with E-state index in [0.29, 0.717) is 6.42 Å². The third kappa shape index (κ3) is 64.0. The molecule has 456 valence electrons. The average molecular weight is 1120 g/mol. The molecule has 0 bridgehead atoms. The van der Waals surface area contributed by atoms with E-state index >= 15 is 0 Å². The van der Waals surface area contributed by atoms with Gasteiger partial charge in [0.2, 0.25) is 0 Å². The summed E-state index contributed by atoms with van der Waals surface area (Å²) in [4.78, 5) is 35.3. The summed E-state index contributed by atoms with van der Waals surface area (Å²) in [6, 6.07) is 0. The first-order valence-corrected chi connectivity index (χ1v) is 34.2. The molecule has 2 unspecified atom stereocenters. The topological polar surface area (TPSA) is 134 Å². The SMILES string of the molecule is CC/C=C\C/C=C\C/C=C\C/C=C\C/C=C\CCCCCCCC(=O)OC(COC(=O)CCCCCCCCCCCCCCCCCCCCCCCC/C=C\C/C=C\C/C=C\CCCCCCC)COP(=O)(O)OCCN. The quantitative estimate of drug-likeness (QED) is 0.0264. The first-order valence-electron chi connectivity index (χ1n) is 32.7. The van der Waals surface area contributed by atoms with Crippen LogP contribution in [-0.4, -0.2) is 49.3 Å². The minimum absolute atomic E-state index is 0.0467. The number of allylic oxidation sites excluding steroid dienone is 16. The Bertz CT molecular complexity index is 1610. The first kappa shape index (κ1) is 75.9. The Hall–Kier alpha value is -3.07. The zero-order chi connectivity index (χ0) is 57.3. The van der Waals surface area contributed by atoms with Crippen molar-refractivity contribution in [3.63, 3.8) is 0 Å². The number of ether oxygens (including phenoxy) is 2. The van der Waals surface area contributed by atoms with Crippen LogP contribution in [0.4, 0.5) is 0 Å². The van der Waals surface area contributed by atoms with Gasteiger partial charge in [-0.05, 0) is 96.3 Å². The average Bonchev–Trinajstić information content (AvgIpc) is 3.44. The Morgan fingerprint density at radius 3 is 1.04 bits per heavy atom. The summed E-state index contributed by atoms with van der Waals surface area (Å²) in [6.07, 6.45) is 86.4. The van der Waals surface area contributed by atoms with Gasteiger partial charge in [0.25, 0.3) is 0 Å². The summed E-state index contributed by atoms with van der Waals surface area (Å²) in [5.74, 6) is -0.845. The molecule has 2 atom stereocenters. The van der Waals surface area contributed by atoms with Crippen LogP contribution < -0.4 is 5.73 Å². The van der Waals surface area contributed by atoms with Gasteiger partial charge in [0.1, 0.15) is 6.61 Å². The molecule has 0 saturated carbocycles. The maximum atomic E-state index is 12.7. The van der Waals surface area contributed by atoms with Crippen LogP contribution in [0, 0.1) is 0 Å². The Kier molecular flexibility index (Phi) is 61.6. The van der Waals surface area contributed by atoms with E-state index in [9.17, 15) is 19.0 Å². The van der Waals surface area contributed by atoms with Crippen molar-refractivity contribution in [3.05, 3.63) is 97.2 Å². The monoisotopic (exact) mass is 1120 g/mol. The Morgan fingerprint density at radius 1 is 0.392 bits per heavy atom. The van der Waals surface area contributed by atoms with E-state index in [-0.39, 0.29) is 38.6 Å². The first-order chi connectivity index (χ1) is 38.8. The molecule has 0 aromatic carbocycles. The van der Waals surface area contributed by atoms with E-state index in [2.05, 4.69) is 111 Å². The van der Waals surface area contributed by atoms with E-state index in [1.54, 1.807) is 0 Å². The lowest BCUT2D eigenvalue weighted by Crippen LogP contribution is -2.29. The molecule has 0 aliphatic rings. The maximum Gasteiger partial charge on any atom is 0.472 e. The predicted molar refractivity (Wildman–Crippen MR) is 339 cm³/mol. The number of phosphoric ester groups is 1. The van der Waals surface area contributed by atoms with Crippen LogP contribution in [0.5, 0.6) is 0 Å². The highest BCUT2D eigenvalue weighted by Crippen LogP contribution is 2.43. The normalized spacial score (nSPS) is 13.6. The number of esters is 2. The number of hydrogen-bond acceptors (Lipinski definition) is 8. The van der Waals surface area contributed by atoms with E-state index in [4.69, 9.17) is 24.3 Å². The lowest BCUT2D eigenvalue weighted by Gasteiger charge is -2.19. The molecule has 0 amide bonds. The third-order valence-corrected chi connectivity index (χ3v) is 14.9. The van der Waals surface area contributed by atoms with Crippen LogP contribution in [0.3, 0.4) is 0 Å². The fourth-order valence-electron chi connectivity index (χ4n) is 9.14. The summed E-state index contributed by atoms with van der Waals surface area (Å²) in [5.41, 5.74) is 5.39. The largest absolute Gasteiger partial charge is 0.472 e. The molecule has 0 heterocycles. The van der Waals surface area contributed by atoms with Gasteiger partial charge in [0.05, 0.1) is 13.2 Å². The second-order valence-electron chi connectivity index (χ2n) is 21.6. The van der Waals surface area contributed by atoms with Crippen molar-refractivity contribution in [1.29, 1.82) is 0 Å². The number of carbonyl (C=O) groups excluding carboxylic acids is 2. The Morgan fingerprint density at radius 2 is 0.696 bits per heavy atom.